The zero-order valence-electron chi connectivity index (χ0n) is 14.4. The molecule has 0 spiro atoms. The molecule has 0 saturated heterocycles. The molecule has 0 aliphatic carbocycles. The number of ether oxygens (including phenoxy) is 3. The molecule has 0 heterocycles. The van der Waals surface area contributed by atoms with Crippen LogP contribution in [0.15, 0.2) is 23.2 Å². The zero-order chi connectivity index (χ0) is 17.9. The second-order valence-electron chi connectivity index (χ2n) is 5.02. The van der Waals surface area contributed by atoms with Crippen LogP contribution in [0.3, 0.4) is 0 Å². The molecule has 0 aliphatic rings. The summed E-state index contributed by atoms with van der Waals surface area (Å²) in [6.07, 6.45) is 0. The Morgan fingerprint density at radius 3 is 2.62 bits per heavy atom. The summed E-state index contributed by atoms with van der Waals surface area (Å²) in [6, 6.07) is 4.93. The summed E-state index contributed by atoms with van der Waals surface area (Å²) in [5, 5.41) is 6.32. The topological polar surface area (TPSA) is 64.1 Å². The van der Waals surface area contributed by atoms with E-state index < -0.39 is 6.61 Å². The van der Waals surface area contributed by atoms with E-state index >= 15 is 0 Å². The highest BCUT2D eigenvalue weighted by atomic mass is 19.3. The highest BCUT2D eigenvalue weighted by molar-refractivity contribution is 5.79. The molecular formula is C16H25F2N3O3. The van der Waals surface area contributed by atoms with Gasteiger partial charge in [0.05, 0.1) is 13.2 Å². The Morgan fingerprint density at radius 1 is 1.29 bits per heavy atom. The molecule has 0 radical (unpaired) electrons. The van der Waals surface area contributed by atoms with Crippen LogP contribution in [0.4, 0.5) is 8.78 Å². The van der Waals surface area contributed by atoms with Crippen LogP contribution < -0.4 is 20.1 Å². The largest absolute Gasteiger partial charge is 0.490 e. The number of halogens is 2. The van der Waals surface area contributed by atoms with Crippen molar-refractivity contribution < 1.29 is 23.0 Å². The van der Waals surface area contributed by atoms with Crippen molar-refractivity contribution in [2.45, 2.75) is 33.0 Å². The molecule has 1 atom stereocenters. The fourth-order valence-corrected chi connectivity index (χ4v) is 2.03. The van der Waals surface area contributed by atoms with Crippen LogP contribution in [0.2, 0.25) is 0 Å². The number of rotatable bonds is 9. The van der Waals surface area contributed by atoms with Crippen LogP contribution in [0.25, 0.3) is 0 Å². The molecule has 136 valence electrons. The van der Waals surface area contributed by atoms with Crippen LogP contribution in [0, 0.1) is 0 Å². The Morgan fingerprint density at radius 2 is 2.04 bits per heavy atom. The van der Waals surface area contributed by atoms with Gasteiger partial charge in [0.1, 0.15) is 0 Å². The van der Waals surface area contributed by atoms with Crippen molar-refractivity contribution in [2.75, 3.05) is 27.4 Å². The van der Waals surface area contributed by atoms with Gasteiger partial charge < -0.3 is 24.8 Å². The second kappa shape index (κ2) is 10.6. The molecule has 0 aromatic heterocycles. The van der Waals surface area contributed by atoms with Gasteiger partial charge in [-0.2, -0.15) is 8.78 Å². The number of guanidine groups is 1. The van der Waals surface area contributed by atoms with E-state index in [0.717, 1.165) is 5.56 Å². The first kappa shape index (κ1) is 20.0. The standard InChI is InChI=1S/C16H25F2N3O3/c1-5-23-14-8-12(6-7-13(14)24-15(17)18)9-20-16(19-3)21-11(2)10-22-4/h6-8,11,15H,5,9-10H2,1-4H3,(H2,19,20,21). The van der Waals surface area contributed by atoms with E-state index in [1.54, 1.807) is 33.2 Å². The molecular weight excluding hydrogens is 320 g/mol. The highest BCUT2D eigenvalue weighted by Crippen LogP contribution is 2.29. The van der Waals surface area contributed by atoms with E-state index in [0.29, 0.717) is 25.7 Å². The lowest BCUT2D eigenvalue weighted by atomic mass is 10.2. The van der Waals surface area contributed by atoms with E-state index in [4.69, 9.17) is 9.47 Å². The van der Waals surface area contributed by atoms with Gasteiger partial charge in [-0.25, -0.2) is 0 Å². The quantitative estimate of drug-likeness (QED) is 0.531. The Kier molecular flexibility index (Phi) is 8.85. The Balaban J connectivity index is 2.71. The average molecular weight is 345 g/mol. The molecule has 1 rings (SSSR count). The maximum atomic E-state index is 12.4. The van der Waals surface area contributed by atoms with Crippen molar-refractivity contribution >= 4 is 5.96 Å². The number of hydrogen-bond donors (Lipinski definition) is 2. The van der Waals surface area contributed by atoms with Gasteiger partial charge in [0.2, 0.25) is 0 Å². The van der Waals surface area contributed by atoms with Gasteiger partial charge in [-0.1, -0.05) is 6.07 Å². The zero-order valence-corrected chi connectivity index (χ0v) is 14.4. The summed E-state index contributed by atoms with van der Waals surface area (Å²) in [4.78, 5) is 4.12. The maximum absolute atomic E-state index is 12.4. The normalized spacial score (nSPS) is 12.9. The molecule has 1 aromatic carbocycles. The van der Waals surface area contributed by atoms with Gasteiger partial charge in [0.15, 0.2) is 17.5 Å². The number of aliphatic imine (C=N–C) groups is 1. The van der Waals surface area contributed by atoms with Crippen LogP contribution in [0.5, 0.6) is 11.5 Å². The molecule has 6 nitrogen and oxygen atoms in total. The number of hydrogen-bond acceptors (Lipinski definition) is 4. The first-order valence-electron chi connectivity index (χ1n) is 7.66. The van der Waals surface area contributed by atoms with Gasteiger partial charge in [-0.15, -0.1) is 0 Å². The molecule has 1 aromatic rings. The molecule has 0 bridgehead atoms. The Hall–Kier alpha value is -2.09. The lowest BCUT2D eigenvalue weighted by Gasteiger charge is -2.18. The van der Waals surface area contributed by atoms with E-state index in [-0.39, 0.29) is 17.5 Å². The van der Waals surface area contributed by atoms with E-state index in [1.807, 2.05) is 6.92 Å². The molecule has 0 saturated carbocycles. The van der Waals surface area contributed by atoms with Crippen LogP contribution in [-0.2, 0) is 11.3 Å². The monoisotopic (exact) mass is 345 g/mol. The SMILES string of the molecule is CCOc1cc(CNC(=NC)NC(C)COC)ccc1OC(F)F. The fourth-order valence-electron chi connectivity index (χ4n) is 2.03. The third kappa shape index (κ3) is 6.99. The van der Waals surface area contributed by atoms with Crippen molar-refractivity contribution in [2.24, 2.45) is 4.99 Å². The van der Waals surface area contributed by atoms with Crippen molar-refractivity contribution in [3.8, 4) is 11.5 Å². The van der Waals surface area contributed by atoms with Gasteiger partial charge in [0, 0.05) is 26.7 Å². The van der Waals surface area contributed by atoms with Crippen LogP contribution >= 0.6 is 0 Å². The number of nitrogens with one attached hydrogen (secondary N) is 2. The number of nitrogens with zero attached hydrogens (tertiary/aromatic N) is 1. The predicted octanol–water partition coefficient (Wildman–Crippen LogP) is 2.39. The summed E-state index contributed by atoms with van der Waals surface area (Å²) < 4.78 is 39.7. The van der Waals surface area contributed by atoms with Gasteiger partial charge in [-0.3, -0.25) is 4.99 Å². The molecule has 0 fully saturated rings. The summed E-state index contributed by atoms with van der Waals surface area (Å²) in [5.74, 6) is 0.921. The predicted molar refractivity (Wildman–Crippen MR) is 88.9 cm³/mol. The van der Waals surface area contributed by atoms with E-state index in [2.05, 4.69) is 20.4 Å². The number of methoxy groups -OCH3 is 1. The molecule has 24 heavy (non-hydrogen) atoms. The van der Waals surface area contributed by atoms with Gasteiger partial charge >= 0.3 is 6.61 Å². The molecule has 0 aliphatic heterocycles. The lowest BCUT2D eigenvalue weighted by Crippen LogP contribution is -2.43. The Bertz CT molecular complexity index is 527. The van der Waals surface area contributed by atoms with E-state index in [1.165, 1.54) is 6.07 Å². The smallest absolute Gasteiger partial charge is 0.387 e. The third-order valence-corrected chi connectivity index (χ3v) is 3.01. The highest BCUT2D eigenvalue weighted by Gasteiger charge is 2.12. The maximum Gasteiger partial charge on any atom is 0.387 e. The number of benzene rings is 1. The van der Waals surface area contributed by atoms with Crippen LogP contribution in [0.1, 0.15) is 19.4 Å². The van der Waals surface area contributed by atoms with Gasteiger partial charge in [-0.05, 0) is 31.5 Å². The minimum Gasteiger partial charge on any atom is -0.490 e. The first-order chi connectivity index (χ1) is 11.5. The molecule has 8 heteroatoms. The van der Waals surface area contributed by atoms with Crippen molar-refractivity contribution in [1.29, 1.82) is 0 Å². The first-order valence-corrected chi connectivity index (χ1v) is 7.66. The Labute approximate surface area is 141 Å². The third-order valence-electron chi connectivity index (χ3n) is 3.01. The second-order valence-corrected chi connectivity index (χ2v) is 5.02. The van der Waals surface area contributed by atoms with Crippen LogP contribution in [-0.4, -0.2) is 46.0 Å². The molecule has 1 unspecified atom stereocenters. The summed E-state index contributed by atoms with van der Waals surface area (Å²) in [5.41, 5.74) is 0.849. The minimum atomic E-state index is -2.89. The van der Waals surface area contributed by atoms with Crippen molar-refractivity contribution in [3.63, 3.8) is 0 Å². The van der Waals surface area contributed by atoms with Crippen molar-refractivity contribution in [3.05, 3.63) is 23.8 Å². The van der Waals surface area contributed by atoms with Gasteiger partial charge in [0.25, 0.3) is 0 Å². The summed E-state index contributed by atoms with van der Waals surface area (Å²) in [6.45, 7) is 2.22. The molecule has 0 amide bonds. The fraction of sp³-hybridized carbons (Fsp3) is 0.562. The van der Waals surface area contributed by atoms with E-state index in [9.17, 15) is 8.78 Å². The molecule has 2 N–H and O–H groups in total. The lowest BCUT2D eigenvalue weighted by molar-refractivity contribution is -0.0514. The number of alkyl halides is 2. The van der Waals surface area contributed by atoms with Crippen molar-refractivity contribution in [1.82, 2.24) is 10.6 Å². The summed E-state index contributed by atoms with van der Waals surface area (Å²) >= 11 is 0. The average Bonchev–Trinajstić information content (AvgIpc) is 2.53. The minimum absolute atomic E-state index is 0.0202. The summed E-state index contributed by atoms with van der Waals surface area (Å²) in [7, 11) is 3.30.